The lowest BCUT2D eigenvalue weighted by Gasteiger charge is -2.07. The summed E-state index contributed by atoms with van der Waals surface area (Å²) in [6.45, 7) is 3.32. The third-order valence-corrected chi connectivity index (χ3v) is 1.89. The van der Waals surface area contributed by atoms with Crippen molar-refractivity contribution in [1.29, 1.82) is 0 Å². The van der Waals surface area contributed by atoms with E-state index in [0.717, 1.165) is 6.07 Å². The van der Waals surface area contributed by atoms with Gasteiger partial charge in [0.1, 0.15) is 11.6 Å². The molecule has 4 nitrogen and oxygen atoms in total. The van der Waals surface area contributed by atoms with E-state index in [9.17, 15) is 18.4 Å². The van der Waals surface area contributed by atoms with Crippen LogP contribution in [0.2, 0.25) is 0 Å². The maximum atomic E-state index is 13.2. The van der Waals surface area contributed by atoms with Crippen molar-refractivity contribution in [2.45, 2.75) is 6.42 Å². The summed E-state index contributed by atoms with van der Waals surface area (Å²) in [6.07, 6.45) is 1.24. The number of rotatable bonds is 4. The monoisotopic (exact) mass is 241 g/mol. The highest BCUT2D eigenvalue weighted by Crippen LogP contribution is 2.19. The van der Waals surface area contributed by atoms with Gasteiger partial charge in [0.25, 0.3) is 0 Å². The number of hydrogen-bond acceptors (Lipinski definition) is 2. The van der Waals surface area contributed by atoms with E-state index in [0.29, 0.717) is 6.07 Å². The molecule has 1 rings (SSSR count). The van der Waals surface area contributed by atoms with Crippen molar-refractivity contribution in [2.75, 3.05) is 5.32 Å². The molecule has 0 aromatic heterocycles. The molecule has 0 fully saturated rings. The molecular formula is C11H9F2NO3. The number of carboxylic acids is 1. The summed E-state index contributed by atoms with van der Waals surface area (Å²) in [4.78, 5) is 21.7. The van der Waals surface area contributed by atoms with Crippen LogP contribution < -0.4 is 5.32 Å². The molecule has 6 heteroatoms. The number of aromatic carboxylic acids is 1. The smallest absolute Gasteiger partial charge is 0.338 e. The van der Waals surface area contributed by atoms with Crippen molar-refractivity contribution in [2.24, 2.45) is 0 Å². The first kappa shape index (κ1) is 12.8. The minimum atomic E-state index is -1.54. The molecule has 0 atom stereocenters. The molecule has 0 aliphatic rings. The average molecular weight is 241 g/mol. The summed E-state index contributed by atoms with van der Waals surface area (Å²) < 4.78 is 26.2. The van der Waals surface area contributed by atoms with E-state index in [1.807, 2.05) is 0 Å². The van der Waals surface area contributed by atoms with Gasteiger partial charge in [0.15, 0.2) is 0 Å². The van der Waals surface area contributed by atoms with E-state index in [1.165, 1.54) is 6.08 Å². The van der Waals surface area contributed by atoms with Crippen molar-refractivity contribution in [1.82, 2.24) is 0 Å². The predicted molar refractivity (Wildman–Crippen MR) is 56.8 cm³/mol. The third kappa shape index (κ3) is 3.10. The zero-order chi connectivity index (χ0) is 13.0. The molecule has 0 aliphatic heterocycles. The Hall–Kier alpha value is -2.24. The molecule has 1 aromatic rings. The zero-order valence-corrected chi connectivity index (χ0v) is 8.67. The van der Waals surface area contributed by atoms with Crippen LogP contribution >= 0.6 is 0 Å². The van der Waals surface area contributed by atoms with Gasteiger partial charge in [0.2, 0.25) is 5.91 Å². The minimum absolute atomic E-state index is 0.0563. The summed E-state index contributed by atoms with van der Waals surface area (Å²) in [5.41, 5.74) is -1.09. The van der Waals surface area contributed by atoms with Gasteiger partial charge in [-0.1, -0.05) is 6.08 Å². The first-order chi connectivity index (χ1) is 7.95. The summed E-state index contributed by atoms with van der Waals surface area (Å²) >= 11 is 0. The highest BCUT2D eigenvalue weighted by atomic mass is 19.1. The molecule has 0 saturated heterocycles. The number of benzene rings is 1. The van der Waals surface area contributed by atoms with Gasteiger partial charge in [-0.2, -0.15) is 0 Å². The number of carbonyl (C=O) groups excluding carboxylic acids is 1. The SMILES string of the molecule is C=CCC(=O)Nc1cc(C(=O)O)c(F)cc1F. The second kappa shape index (κ2) is 5.20. The van der Waals surface area contributed by atoms with Crippen LogP contribution in [-0.2, 0) is 4.79 Å². The van der Waals surface area contributed by atoms with Gasteiger partial charge in [-0.3, -0.25) is 4.79 Å². The maximum Gasteiger partial charge on any atom is 0.338 e. The zero-order valence-electron chi connectivity index (χ0n) is 8.67. The highest BCUT2D eigenvalue weighted by Gasteiger charge is 2.16. The Morgan fingerprint density at radius 2 is 2.00 bits per heavy atom. The Morgan fingerprint density at radius 1 is 1.35 bits per heavy atom. The lowest BCUT2D eigenvalue weighted by Crippen LogP contribution is -2.13. The number of amides is 1. The Labute approximate surface area is 95.6 Å². The fourth-order valence-corrected chi connectivity index (χ4v) is 1.14. The van der Waals surface area contributed by atoms with Crippen LogP contribution in [0.15, 0.2) is 24.8 Å². The van der Waals surface area contributed by atoms with E-state index in [4.69, 9.17) is 5.11 Å². The van der Waals surface area contributed by atoms with E-state index in [-0.39, 0.29) is 12.1 Å². The summed E-state index contributed by atoms with van der Waals surface area (Å²) in [7, 11) is 0. The average Bonchev–Trinajstić information content (AvgIpc) is 2.21. The number of halogens is 2. The number of carbonyl (C=O) groups is 2. The molecule has 0 heterocycles. The lowest BCUT2D eigenvalue weighted by molar-refractivity contribution is -0.115. The van der Waals surface area contributed by atoms with Crippen LogP contribution in [0.1, 0.15) is 16.8 Å². The van der Waals surface area contributed by atoms with Crippen molar-refractivity contribution in [3.05, 3.63) is 42.0 Å². The molecule has 2 N–H and O–H groups in total. The Kier molecular flexibility index (Phi) is 3.92. The van der Waals surface area contributed by atoms with Gasteiger partial charge in [-0.05, 0) is 6.07 Å². The van der Waals surface area contributed by atoms with Crippen LogP contribution in [-0.4, -0.2) is 17.0 Å². The van der Waals surface area contributed by atoms with Crippen molar-refractivity contribution < 1.29 is 23.5 Å². The van der Waals surface area contributed by atoms with Gasteiger partial charge in [-0.25, -0.2) is 13.6 Å². The molecule has 1 amide bonds. The Balaban J connectivity index is 3.07. The fraction of sp³-hybridized carbons (Fsp3) is 0.0909. The van der Waals surface area contributed by atoms with E-state index < -0.39 is 29.1 Å². The second-order valence-corrected chi connectivity index (χ2v) is 3.16. The number of anilines is 1. The molecule has 0 spiro atoms. The van der Waals surface area contributed by atoms with Crippen LogP contribution in [0.3, 0.4) is 0 Å². The minimum Gasteiger partial charge on any atom is -0.478 e. The second-order valence-electron chi connectivity index (χ2n) is 3.16. The topological polar surface area (TPSA) is 66.4 Å². The molecule has 17 heavy (non-hydrogen) atoms. The van der Waals surface area contributed by atoms with Gasteiger partial charge in [-0.15, -0.1) is 6.58 Å². The molecule has 0 aliphatic carbocycles. The van der Waals surface area contributed by atoms with Crippen LogP contribution in [0.4, 0.5) is 14.5 Å². The fourth-order valence-electron chi connectivity index (χ4n) is 1.14. The van der Waals surface area contributed by atoms with Gasteiger partial charge in [0.05, 0.1) is 11.3 Å². The van der Waals surface area contributed by atoms with Crippen LogP contribution in [0, 0.1) is 11.6 Å². The highest BCUT2D eigenvalue weighted by molar-refractivity contribution is 5.94. The van der Waals surface area contributed by atoms with Crippen LogP contribution in [0.25, 0.3) is 0 Å². The molecule has 0 bridgehead atoms. The lowest BCUT2D eigenvalue weighted by atomic mass is 10.1. The summed E-state index contributed by atoms with van der Waals surface area (Å²) in [5, 5.41) is 10.7. The molecule has 0 saturated carbocycles. The van der Waals surface area contributed by atoms with E-state index in [1.54, 1.807) is 0 Å². The van der Waals surface area contributed by atoms with Crippen molar-refractivity contribution >= 4 is 17.6 Å². The first-order valence-electron chi connectivity index (χ1n) is 4.58. The molecule has 0 radical (unpaired) electrons. The summed E-state index contributed by atoms with van der Waals surface area (Å²) in [5.74, 6) is -4.34. The Morgan fingerprint density at radius 3 is 2.53 bits per heavy atom. The number of carboxylic acid groups (broad SMARTS) is 1. The van der Waals surface area contributed by atoms with Crippen molar-refractivity contribution in [3.63, 3.8) is 0 Å². The van der Waals surface area contributed by atoms with E-state index in [2.05, 4.69) is 11.9 Å². The normalized spacial score (nSPS) is 9.76. The number of nitrogens with one attached hydrogen (secondary N) is 1. The van der Waals surface area contributed by atoms with E-state index >= 15 is 0 Å². The Bertz CT molecular complexity index is 486. The quantitative estimate of drug-likeness (QED) is 0.794. The van der Waals surface area contributed by atoms with Gasteiger partial charge < -0.3 is 10.4 Å². The number of hydrogen-bond donors (Lipinski definition) is 2. The predicted octanol–water partition coefficient (Wildman–Crippen LogP) is 2.18. The summed E-state index contributed by atoms with van der Waals surface area (Å²) in [6, 6.07) is 1.14. The molecule has 0 unspecified atom stereocenters. The molecule has 90 valence electrons. The van der Waals surface area contributed by atoms with Crippen LogP contribution in [0.5, 0.6) is 0 Å². The van der Waals surface area contributed by atoms with Crippen molar-refractivity contribution in [3.8, 4) is 0 Å². The standard InChI is InChI=1S/C11H9F2NO3/c1-2-3-10(15)14-9-4-6(11(16)17)7(12)5-8(9)13/h2,4-5H,1,3H2,(H,14,15)(H,16,17). The van der Waals surface area contributed by atoms with Gasteiger partial charge in [0, 0.05) is 12.5 Å². The largest absolute Gasteiger partial charge is 0.478 e. The molecular weight excluding hydrogens is 232 g/mol. The third-order valence-electron chi connectivity index (χ3n) is 1.89. The maximum absolute atomic E-state index is 13.2. The molecule has 1 aromatic carbocycles. The van der Waals surface area contributed by atoms with Gasteiger partial charge >= 0.3 is 5.97 Å². The first-order valence-corrected chi connectivity index (χ1v) is 4.58.